The van der Waals surface area contributed by atoms with Crippen LogP contribution in [-0.4, -0.2) is 65.8 Å². The molecule has 23 heavy (non-hydrogen) atoms. The van der Waals surface area contributed by atoms with Gasteiger partial charge in [-0.25, -0.2) is 0 Å². The zero-order chi connectivity index (χ0) is 17.3. The van der Waals surface area contributed by atoms with E-state index in [-0.39, 0.29) is 46.8 Å². The Bertz CT molecular complexity index is 441. The van der Waals surface area contributed by atoms with Crippen molar-refractivity contribution < 1.29 is 19.2 Å². The highest BCUT2D eigenvalue weighted by Gasteiger charge is 2.42. The van der Waals surface area contributed by atoms with Crippen LogP contribution in [0.1, 0.15) is 27.7 Å². The SMILES string of the molecule is CC(=O)[C@H]1CN(CN2C[C@H](C(C)=O)[C@@H](C(C)=O)C2)C[C@@H]1C(C)=O. The average Bonchev–Trinajstić information content (AvgIpc) is 3.03. The van der Waals surface area contributed by atoms with Gasteiger partial charge in [0.15, 0.2) is 0 Å². The van der Waals surface area contributed by atoms with Gasteiger partial charge >= 0.3 is 0 Å². The molecule has 0 radical (unpaired) electrons. The number of carbonyl (C=O) groups is 4. The van der Waals surface area contributed by atoms with Crippen LogP contribution in [0.2, 0.25) is 0 Å². The van der Waals surface area contributed by atoms with Crippen molar-refractivity contribution in [2.24, 2.45) is 23.7 Å². The number of rotatable bonds is 6. The smallest absolute Gasteiger partial charge is 0.134 e. The predicted octanol–water partition coefficient (Wildman–Crippen LogP) is 0.396. The topological polar surface area (TPSA) is 74.8 Å². The van der Waals surface area contributed by atoms with Gasteiger partial charge in [0.1, 0.15) is 23.1 Å². The first-order valence-electron chi connectivity index (χ1n) is 8.17. The molecule has 2 saturated heterocycles. The molecular weight excluding hydrogens is 296 g/mol. The van der Waals surface area contributed by atoms with E-state index in [1.54, 1.807) is 0 Å². The second kappa shape index (κ2) is 7.01. The van der Waals surface area contributed by atoms with E-state index in [0.29, 0.717) is 32.8 Å². The molecule has 128 valence electrons. The summed E-state index contributed by atoms with van der Waals surface area (Å²) in [6.45, 7) is 9.05. The molecule has 6 nitrogen and oxygen atoms in total. The normalized spacial score (nSPS) is 32.2. The van der Waals surface area contributed by atoms with Gasteiger partial charge in [-0.15, -0.1) is 0 Å². The van der Waals surface area contributed by atoms with Crippen LogP contribution in [0.3, 0.4) is 0 Å². The predicted molar refractivity (Wildman–Crippen MR) is 84.7 cm³/mol. The fourth-order valence-corrected chi connectivity index (χ4v) is 3.93. The van der Waals surface area contributed by atoms with E-state index in [2.05, 4.69) is 9.80 Å². The van der Waals surface area contributed by atoms with Gasteiger partial charge in [0.25, 0.3) is 0 Å². The fourth-order valence-electron chi connectivity index (χ4n) is 3.93. The monoisotopic (exact) mass is 322 g/mol. The molecule has 0 aromatic rings. The van der Waals surface area contributed by atoms with Crippen LogP contribution >= 0.6 is 0 Å². The van der Waals surface area contributed by atoms with Gasteiger partial charge in [0.05, 0.1) is 6.67 Å². The molecule has 0 spiro atoms. The zero-order valence-corrected chi connectivity index (χ0v) is 14.4. The van der Waals surface area contributed by atoms with Crippen LogP contribution in [0.5, 0.6) is 0 Å². The minimum atomic E-state index is -0.234. The van der Waals surface area contributed by atoms with Crippen molar-refractivity contribution in [1.82, 2.24) is 9.80 Å². The standard InChI is InChI=1S/C17H26N2O4/c1-10(20)14-5-18(6-15(14)11(2)21)9-19-7-16(12(3)22)17(8-19)13(4)23/h14-17H,5-9H2,1-4H3/t14-,15-,16-,17-/m1/s1. The van der Waals surface area contributed by atoms with E-state index in [4.69, 9.17) is 0 Å². The molecule has 0 bridgehead atoms. The maximum Gasteiger partial charge on any atom is 0.134 e. The van der Waals surface area contributed by atoms with Crippen LogP contribution in [0.4, 0.5) is 0 Å². The Morgan fingerprint density at radius 3 is 1.00 bits per heavy atom. The van der Waals surface area contributed by atoms with Crippen molar-refractivity contribution in [1.29, 1.82) is 0 Å². The minimum Gasteiger partial charge on any atom is -0.300 e. The van der Waals surface area contributed by atoms with Crippen molar-refractivity contribution in [3.63, 3.8) is 0 Å². The first-order valence-corrected chi connectivity index (χ1v) is 8.17. The van der Waals surface area contributed by atoms with E-state index in [9.17, 15) is 19.2 Å². The van der Waals surface area contributed by atoms with Crippen molar-refractivity contribution in [3.05, 3.63) is 0 Å². The molecule has 0 unspecified atom stereocenters. The first-order chi connectivity index (χ1) is 10.7. The molecule has 4 atom stereocenters. The third-order valence-electron chi connectivity index (χ3n) is 5.28. The lowest BCUT2D eigenvalue weighted by molar-refractivity contribution is -0.128. The lowest BCUT2D eigenvalue weighted by Crippen LogP contribution is -2.36. The minimum absolute atomic E-state index is 0.0531. The Morgan fingerprint density at radius 2 is 0.826 bits per heavy atom. The summed E-state index contributed by atoms with van der Waals surface area (Å²) in [6.07, 6.45) is 0. The van der Waals surface area contributed by atoms with Crippen molar-refractivity contribution in [2.75, 3.05) is 32.8 Å². The second-order valence-corrected chi connectivity index (χ2v) is 7.08. The molecule has 0 saturated carbocycles. The highest BCUT2D eigenvalue weighted by atomic mass is 16.1. The summed E-state index contributed by atoms with van der Waals surface area (Å²) in [5, 5.41) is 0. The Morgan fingerprint density at radius 1 is 0.609 bits per heavy atom. The van der Waals surface area contributed by atoms with Gasteiger partial charge in [0, 0.05) is 49.9 Å². The highest BCUT2D eigenvalue weighted by molar-refractivity contribution is 5.89. The quantitative estimate of drug-likeness (QED) is 0.704. The summed E-state index contributed by atoms with van der Waals surface area (Å²) in [6, 6.07) is 0. The van der Waals surface area contributed by atoms with E-state index in [1.165, 1.54) is 27.7 Å². The molecule has 2 fully saturated rings. The summed E-state index contributed by atoms with van der Waals surface area (Å²) in [7, 11) is 0. The van der Waals surface area contributed by atoms with Gasteiger partial charge < -0.3 is 0 Å². The Kier molecular flexibility index (Phi) is 5.47. The second-order valence-electron chi connectivity index (χ2n) is 7.08. The van der Waals surface area contributed by atoms with Crippen molar-refractivity contribution in [3.8, 4) is 0 Å². The number of likely N-dealkylation sites (tertiary alicyclic amines) is 2. The summed E-state index contributed by atoms with van der Waals surface area (Å²) >= 11 is 0. The fraction of sp³-hybridized carbons (Fsp3) is 0.765. The van der Waals surface area contributed by atoms with E-state index in [1.807, 2.05) is 0 Å². The third-order valence-corrected chi connectivity index (χ3v) is 5.28. The molecule has 2 aliphatic heterocycles. The molecule has 0 aliphatic carbocycles. The highest BCUT2D eigenvalue weighted by Crippen LogP contribution is 2.29. The number of ketones is 4. The number of Topliss-reactive ketones (excluding diaryl/α,β-unsaturated/α-hetero) is 4. The molecule has 0 aromatic carbocycles. The van der Waals surface area contributed by atoms with E-state index >= 15 is 0 Å². The summed E-state index contributed by atoms with van der Waals surface area (Å²) < 4.78 is 0. The zero-order valence-electron chi connectivity index (χ0n) is 14.4. The van der Waals surface area contributed by atoms with Crippen LogP contribution in [-0.2, 0) is 19.2 Å². The van der Waals surface area contributed by atoms with Crippen LogP contribution in [0.25, 0.3) is 0 Å². The number of hydrogen-bond acceptors (Lipinski definition) is 6. The van der Waals surface area contributed by atoms with Gasteiger partial charge in [-0.05, 0) is 27.7 Å². The van der Waals surface area contributed by atoms with Gasteiger partial charge in [0.2, 0.25) is 0 Å². The first kappa shape index (κ1) is 17.9. The van der Waals surface area contributed by atoms with E-state index in [0.717, 1.165) is 0 Å². The third kappa shape index (κ3) is 3.93. The number of hydrogen-bond donors (Lipinski definition) is 0. The Balaban J connectivity index is 2.00. The summed E-state index contributed by atoms with van der Waals surface area (Å²) in [5.74, 6) is -0.723. The molecule has 0 N–H and O–H groups in total. The summed E-state index contributed by atoms with van der Waals surface area (Å²) in [4.78, 5) is 51.2. The molecule has 2 rings (SSSR count). The lowest BCUT2D eigenvalue weighted by Gasteiger charge is -2.23. The van der Waals surface area contributed by atoms with Crippen LogP contribution < -0.4 is 0 Å². The Labute approximate surface area is 137 Å². The van der Waals surface area contributed by atoms with Gasteiger partial charge in [-0.1, -0.05) is 0 Å². The molecule has 0 amide bonds. The molecule has 2 aliphatic rings. The molecule has 6 heteroatoms. The van der Waals surface area contributed by atoms with Gasteiger partial charge in [-0.3, -0.25) is 29.0 Å². The Hall–Kier alpha value is -1.40. The summed E-state index contributed by atoms with van der Waals surface area (Å²) in [5.41, 5.74) is 0. The number of carbonyl (C=O) groups excluding carboxylic acids is 4. The lowest BCUT2D eigenvalue weighted by atomic mass is 9.90. The van der Waals surface area contributed by atoms with Crippen molar-refractivity contribution in [2.45, 2.75) is 27.7 Å². The van der Waals surface area contributed by atoms with Gasteiger partial charge in [-0.2, -0.15) is 0 Å². The van der Waals surface area contributed by atoms with Crippen LogP contribution in [0, 0.1) is 23.7 Å². The maximum absolute atomic E-state index is 11.7. The molecule has 0 aromatic heterocycles. The maximum atomic E-state index is 11.7. The molecular formula is C17H26N2O4. The largest absolute Gasteiger partial charge is 0.300 e. The number of nitrogens with zero attached hydrogens (tertiary/aromatic N) is 2. The molecule has 2 heterocycles. The average molecular weight is 322 g/mol. The van der Waals surface area contributed by atoms with Crippen LogP contribution in [0.15, 0.2) is 0 Å². The van der Waals surface area contributed by atoms with Crippen molar-refractivity contribution >= 4 is 23.1 Å². The van der Waals surface area contributed by atoms with E-state index < -0.39 is 0 Å².